The van der Waals surface area contributed by atoms with Crippen molar-refractivity contribution < 1.29 is 4.79 Å². The lowest BCUT2D eigenvalue weighted by atomic mass is 9.93. The van der Waals surface area contributed by atoms with E-state index in [0.29, 0.717) is 5.92 Å². The third-order valence-corrected chi connectivity index (χ3v) is 5.84. The summed E-state index contributed by atoms with van der Waals surface area (Å²) in [5.74, 6) is 1.03. The van der Waals surface area contributed by atoms with Gasteiger partial charge < -0.3 is 10.2 Å². The molecular formula is C22H29N5O2. The van der Waals surface area contributed by atoms with E-state index in [-0.39, 0.29) is 11.5 Å². The highest BCUT2D eigenvalue weighted by Gasteiger charge is 2.24. The van der Waals surface area contributed by atoms with Gasteiger partial charge in [0.15, 0.2) is 0 Å². The van der Waals surface area contributed by atoms with E-state index in [1.54, 1.807) is 6.07 Å². The van der Waals surface area contributed by atoms with Crippen LogP contribution in [0.5, 0.6) is 0 Å². The van der Waals surface area contributed by atoms with Crippen LogP contribution in [0.4, 0.5) is 11.6 Å². The second kappa shape index (κ2) is 8.78. The lowest BCUT2D eigenvalue weighted by molar-refractivity contribution is -0.114. The standard InChI is InChI=1S/C22H29N5O2/c1-16(28)23-19-6-4-17(5-7-19)15-26-12-8-18(9-13-26)20-14-21(29)25-22(24-20)27-10-2-3-11-27/h4-7,14,18H,2-3,8-13,15H2,1H3,(H,23,28)(H,24,25,29). The Labute approximate surface area is 171 Å². The fourth-order valence-electron chi connectivity index (χ4n) is 4.29. The second-order valence-corrected chi connectivity index (χ2v) is 8.12. The Morgan fingerprint density at radius 1 is 1.14 bits per heavy atom. The van der Waals surface area contributed by atoms with Gasteiger partial charge in [-0.2, -0.15) is 0 Å². The Morgan fingerprint density at radius 3 is 2.48 bits per heavy atom. The molecule has 7 nitrogen and oxygen atoms in total. The van der Waals surface area contributed by atoms with E-state index in [4.69, 9.17) is 4.98 Å². The van der Waals surface area contributed by atoms with E-state index in [9.17, 15) is 9.59 Å². The molecule has 2 aliphatic heterocycles. The highest BCUT2D eigenvalue weighted by molar-refractivity contribution is 5.88. The van der Waals surface area contributed by atoms with Gasteiger partial charge in [-0.15, -0.1) is 0 Å². The Hall–Kier alpha value is -2.67. The maximum Gasteiger partial charge on any atom is 0.252 e. The first-order valence-electron chi connectivity index (χ1n) is 10.5. The normalized spacial score (nSPS) is 18.2. The molecule has 0 atom stereocenters. The number of piperidine rings is 1. The summed E-state index contributed by atoms with van der Waals surface area (Å²) in [5, 5.41) is 2.80. The maximum absolute atomic E-state index is 12.2. The Kier molecular flexibility index (Phi) is 5.94. The van der Waals surface area contributed by atoms with Gasteiger partial charge >= 0.3 is 0 Å². The van der Waals surface area contributed by atoms with E-state index >= 15 is 0 Å². The van der Waals surface area contributed by atoms with E-state index in [1.807, 2.05) is 12.1 Å². The second-order valence-electron chi connectivity index (χ2n) is 8.12. The number of carbonyl (C=O) groups is 1. The molecule has 154 valence electrons. The largest absolute Gasteiger partial charge is 0.342 e. The number of anilines is 2. The summed E-state index contributed by atoms with van der Waals surface area (Å²) in [4.78, 5) is 35.6. The highest BCUT2D eigenvalue weighted by atomic mass is 16.1. The van der Waals surface area contributed by atoms with Crippen LogP contribution in [0, 0.1) is 0 Å². The highest BCUT2D eigenvalue weighted by Crippen LogP contribution is 2.28. The molecule has 0 aliphatic carbocycles. The lowest BCUT2D eigenvalue weighted by Crippen LogP contribution is -2.33. The monoisotopic (exact) mass is 395 g/mol. The van der Waals surface area contributed by atoms with Gasteiger partial charge in [-0.3, -0.25) is 19.5 Å². The fourth-order valence-corrected chi connectivity index (χ4v) is 4.29. The number of H-pyrrole nitrogens is 1. The minimum atomic E-state index is -0.0546. The van der Waals surface area contributed by atoms with Crippen LogP contribution in [0.15, 0.2) is 35.1 Å². The molecule has 1 amide bonds. The van der Waals surface area contributed by atoms with Crippen LogP contribution in [0.1, 0.15) is 49.8 Å². The molecule has 2 N–H and O–H groups in total. The molecule has 4 rings (SSSR count). The van der Waals surface area contributed by atoms with Crippen molar-refractivity contribution in [2.24, 2.45) is 0 Å². The van der Waals surface area contributed by atoms with Gasteiger partial charge in [0.05, 0.1) is 5.69 Å². The van der Waals surface area contributed by atoms with E-state index in [2.05, 4.69) is 32.2 Å². The van der Waals surface area contributed by atoms with Crippen LogP contribution < -0.4 is 15.8 Å². The van der Waals surface area contributed by atoms with Gasteiger partial charge in [-0.05, 0) is 56.5 Å². The first-order chi connectivity index (χ1) is 14.1. The number of aromatic nitrogens is 2. The van der Waals surface area contributed by atoms with Crippen LogP contribution in [-0.2, 0) is 11.3 Å². The minimum absolute atomic E-state index is 0.0430. The number of likely N-dealkylation sites (tertiary alicyclic amines) is 1. The zero-order valence-corrected chi connectivity index (χ0v) is 17.0. The zero-order valence-electron chi connectivity index (χ0n) is 17.0. The number of aromatic amines is 1. The van der Waals surface area contributed by atoms with E-state index in [0.717, 1.165) is 75.7 Å². The molecule has 3 heterocycles. The molecule has 0 unspecified atom stereocenters. The van der Waals surface area contributed by atoms with Crippen LogP contribution in [0.2, 0.25) is 0 Å². The first kappa shape index (κ1) is 19.6. The van der Waals surface area contributed by atoms with Crippen molar-refractivity contribution in [1.82, 2.24) is 14.9 Å². The molecule has 29 heavy (non-hydrogen) atoms. The molecule has 1 aromatic carbocycles. The molecule has 7 heteroatoms. The van der Waals surface area contributed by atoms with Crippen LogP contribution >= 0.6 is 0 Å². The average Bonchev–Trinajstić information content (AvgIpc) is 3.24. The molecule has 1 aromatic heterocycles. The number of rotatable bonds is 5. The number of benzene rings is 1. The van der Waals surface area contributed by atoms with Crippen LogP contribution in [0.25, 0.3) is 0 Å². The Bertz CT molecular complexity index is 894. The van der Waals surface area contributed by atoms with Crippen molar-refractivity contribution in [3.05, 3.63) is 51.9 Å². The van der Waals surface area contributed by atoms with Crippen molar-refractivity contribution in [3.8, 4) is 0 Å². The average molecular weight is 396 g/mol. The first-order valence-corrected chi connectivity index (χ1v) is 10.5. The summed E-state index contributed by atoms with van der Waals surface area (Å²) in [6.07, 6.45) is 4.36. The summed E-state index contributed by atoms with van der Waals surface area (Å²) < 4.78 is 0. The van der Waals surface area contributed by atoms with Gasteiger partial charge in [0, 0.05) is 44.2 Å². The predicted octanol–water partition coefficient (Wildman–Crippen LogP) is 2.71. The topological polar surface area (TPSA) is 81.3 Å². The number of nitrogens with zero attached hydrogens (tertiary/aromatic N) is 3. The molecule has 0 radical (unpaired) electrons. The molecule has 0 saturated carbocycles. The molecule has 2 saturated heterocycles. The van der Waals surface area contributed by atoms with Crippen molar-refractivity contribution in [3.63, 3.8) is 0 Å². The van der Waals surface area contributed by atoms with Gasteiger partial charge in [0.25, 0.3) is 5.56 Å². The molecule has 2 aromatic rings. The van der Waals surface area contributed by atoms with Crippen LogP contribution in [-0.4, -0.2) is 47.0 Å². The minimum Gasteiger partial charge on any atom is -0.342 e. The molecule has 0 spiro atoms. The van der Waals surface area contributed by atoms with Gasteiger partial charge in [-0.25, -0.2) is 4.98 Å². The SMILES string of the molecule is CC(=O)Nc1ccc(CN2CCC(c3cc(=O)[nH]c(N4CCCC4)n3)CC2)cc1. The number of amides is 1. The van der Waals surface area contributed by atoms with Crippen molar-refractivity contribution in [1.29, 1.82) is 0 Å². The number of hydrogen-bond donors (Lipinski definition) is 2. The smallest absolute Gasteiger partial charge is 0.252 e. The number of carbonyl (C=O) groups excluding carboxylic acids is 1. The van der Waals surface area contributed by atoms with Gasteiger partial charge in [0.1, 0.15) is 0 Å². The van der Waals surface area contributed by atoms with E-state index in [1.165, 1.54) is 12.5 Å². The molecular weight excluding hydrogens is 366 g/mol. The Balaban J connectivity index is 1.34. The third-order valence-electron chi connectivity index (χ3n) is 5.84. The number of nitrogens with one attached hydrogen (secondary N) is 2. The van der Waals surface area contributed by atoms with E-state index < -0.39 is 0 Å². The molecule has 0 bridgehead atoms. The van der Waals surface area contributed by atoms with Crippen molar-refractivity contribution in [2.75, 3.05) is 36.4 Å². The van der Waals surface area contributed by atoms with Gasteiger partial charge in [-0.1, -0.05) is 12.1 Å². The Morgan fingerprint density at radius 2 is 1.83 bits per heavy atom. The summed E-state index contributed by atoms with van der Waals surface area (Å²) in [6.45, 7) is 6.35. The predicted molar refractivity (Wildman–Crippen MR) is 114 cm³/mol. The number of hydrogen-bond acceptors (Lipinski definition) is 5. The summed E-state index contributed by atoms with van der Waals surface area (Å²) in [5.41, 5.74) is 2.96. The van der Waals surface area contributed by atoms with Crippen molar-refractivity contribution in [2.45, 2.75) is 45.1 Å². The third kappa shape index (κ3) is 5.03. The maximum atomic E-state index is 12.2. The fraction of sp³-hybridized carbons (Fsp3) is 0.500. The molecule has 2 aliphatic rings. The zero-order chi connectivity index (χ0) is 20.2. The van der Waals surface area contributed by atoms with Crippen LogP contribution in [0.3, 0.4) is 0 Å². The van der Waals surface area contributed by atoms with Crippen molar-refractivity contribution >= 4 is 17.5 Å². The summed E-state index contributed by atoms with van der Waals surface area (Å²) in [6, 6.07) is 9.71. The quantitative estimate of drug-likeness (QED) is 0.814. The summed E-state index contributed by atoms with van der Waals surface area (Å²) in [7, 11) is 0. The molecule has 2 fully saturated rings. The lowest BCUT2D eigenvalue weighted by Gasteiger charge is -2.32. The van der Waals surface area contributed by atoms with Gasteiger partial charge in [0.2, 0.25) is 11.9 Å². The summed E-state index contributed by atoms with van der Waals surface area (Å²) >= 11 is 0.